The number of nitrogens with zero attached hydrogens (tertiary/aromatic N) is 3. The number of carboxylic acids is 1. The molecule has 0 aliphatic carbocycles. The highest BCUT2D eigenvalue weighted by Gasteiger charge is 2.25. The highest BCUT2D eigenvalue weighted by atomic mass is 32.2. The van der Waals surface area contributed by atoms with E-state index in [9.17, 15) is 27.6 Å². The van der Waals surface area contributed by atoms with E-state index < -0.39 is 28.1 Å². The average molecular weight is 940 g/mol. The Balaban J connectivity index is 1.06. The number of methoxy groups -OCH3 is 2. The van der Waals surface area contributed by atoms with E-state index in [1.807, 2.05) is 45.0 Å². The first kappa shape index (κ1) is 49.3. The number of amides is 4. The van der Waals surface area contributed by atoms with Crippen LogP contribution in [0.5, 0.6) is 23.0 Å². The van der Waals surface area contributed by atoms with E-state index in [4.69, 9.17) is 25.1 Å². The van der Waals surface area contributed by atoms with E-state index in [0.29, 0.717) is 90.0 Å². The number of urea groups is 1. The van der Waals surface area contributed by atoms with Gasteiger partial charge in [-0.25, -0.2) is 18.2 Å². The van der Waals surface area contributed by atoms with Crippen LogP contribution in [0.15, 0.2) is 85.1 Å². The molecular weight excluding hydrogens is 883 g/mol. The number of sulfonamides is 1. The van der Waals surface area contributed by atoms with Crippen LogP contribution in [-0.2, 0) is 25.0 Å². The second kappa shape index (κ2) is 21.4. The van der Waals surface area contributed by atoms with Crippen LogP contribution in [0, 0.1) is 0 Å². The second-order valence-corrected chi connectivity index (χ2v) is 18.7. The third-order valence-electron chi connectivity index (χ3n) is 10.9. The summed E-state index contributed by atoms with van der Waals surface area (Å²) in [5.74, 6) is 0.405. The molecule has 4 aromatic carbocycles. The summed E-state index contributed by atoms with van der Waals surface area (Å²) in [6.07, 6.45) is 2.81. The van der Waals surface area contributed by atoms with Crippen molar-refractivity contribution in [2.75, 3.05) is 80.4 Å². The summed E-state index contributed by atoms with van der Waals surface area (Å²) in [7, 11) is -0.786. The summed E-state index contributed by atoms with van der Waals surface area (Å²) in [5.41, 5.74) is 7.83. The SMILES string of the molecule is COc1cc(Nc2cc(Oc3ccc(NC(=O)Nc4cc(C(C)(C)C)cc(NS(C)(=O)=O)c4OC)c4ccccc34)ccn2)ccc1C(=O)NCCN1CCN(C(=O)CC[C@@H](N)C(=O)O)CC1. The van der Waals surface area contributed by atoms with Crippen LogP contribution in [0.2, 0.25) is 0 Å². The summed E-state index contributed by atoms with van der Waals surface area (Å²) in [6.45, 7) is 9.15. The number of carbonyl (C=O) groups is 4. The number of benzene rings is 4. The van der Waals surface area contributed by atoms with Crippen LogP contribution in [0.25, 0.3) is 10.8 Å². The number of nitrogens with one attached hydrogen (secondary N) is 5. The number of nitrogens with two attached hydrogens (primary N) is 1. The molecule has 1 aliphatic heterocycles. The number of carboxylic acid groups (broad SMARTS) is 1. The Morgan fingerprint density at radius 3 is 2.22 bits per heavy atom. The molecule has 4 amide bonds. The molecule has 6 rings (SSSR count). The van der Waals surface area contributed by atoms with E-state index >= 15 is 0 Å². The maximum absolute atomic E-state index is 13.6. The van der Waals surface area contributed by atoms with Crippen LogP contribution in [0.3, 0.4) is 0 Å². The maximum Gasteiger partial charge on any atom is 0.323 e. The fourth-order valence-corrected chi connectivity index (χ4v) is 7.93. The Kier molecular flexibility index (Phi) is 15.8. The van der Waals surface area contributed by atoms with Gasteiger partial charge < -0.3 is 51.2 Å². The molecule has 1 atom stereocenters. The summed E-state index contributed by atoms with van der Waals surface area (Å²) < 4.78 is 44.4. The first-order chi connectivity index (χ1) is 31.8. The van der Waals surface area contributed by atoms with Gasteiger partial charge in [0.1, 0.15) is 29.1 Å². The number of anilines is 5. The van der Waals surface area contributed by atoms with Gasteiger partial charge >= 0.3 is 12.0 Å². The summed E-state index contributed by atoms with van der Waals surface area (Å²) in [6, 6.07) is 21.2. The molecule has 0 radical (unpaired) electrons. The smallest absolute Gasteiger partial charge is 0.323 e. The zero-order valence-electron chi connectivity index (χ0n) is 38.3. The lowest BCUT2D eigenvalue weighted by atomic mass is 9.86. The number of carbonyl (C=O) groups excluding carboxylic acids is 3. The average Bonchev–Trinajstić information content (AvgIpc) is 3.28. The van der Waals surface area contributed by atoms with Gasteiger partial charge in [-0.1, -0.05) is 45.0 Å². The highest BCUT2D eigenvalue weighted by Crippen LogP contribution is 2.40. The van der Waals surface area contributed by atoms with Gasteiger partial charge in [0.2, 0.25) is 15.9 Å². The molecule has 1 aliphatic rings. The largest absolute Gasteiger partial charge is 0.496 e. The molecule has 20 heteroatoms. The second-order valence-electron chi connectivity index (χ2n) is 16.9. The maximum atomic E-state index is 13.6. The molecule has 67 heavy (non-hydrogen) atoms. The van der Waals surface area contributed by atoms with Gasteiger partial charge in [-0.05, 0) is 59.9 Å². The monoisotopic (exact) mass is 939 g/mol. The lowest BCUT2D eigenvalue weighted by molar-refractivity contribution is -0.139. The molecule has 0 saturated carbocycles. The topological polar surface area (TPSA) is 256 Å². The molecule has 8 N–H and O–H groups in total. The highest BCUT2D eigenvalue weighted by molar-refractivity contribution is 7.92. The molecule has 0 unspecified atom stereocenters. The third kappa shape index (κ3) is 13.2. The van der Waals surface area contributed by atoms with Crippen LogP contribution in [0.4, 0.5) is 33.4 Å². The Labute approximate surface area is 389 Å². The minimum absolute atomic E-state index is 0.0850. The van der Waals surface area contributed by atoms with Crippen molar-refractivity contribution in [3.8, 4) is 23.0 Å². The number of aliphatic carboxylic acids is 1. The van der Waals surface area contributed by atoms with E-state index in [-0.39, 0.29) is 47.2 Å². The predicted molar refractivity (Wildman–Crippen MR) is 258 cm³/mol. The molecule has 1 aromatic heterocycles. The van der Waals surface area contributed by atoms with Gasteiger partial charge in [0.15, 0.2) is 5.75 Å². The fourth-order valence-electron chi connectivity index (χ4n) is 7.37. The van der Waals surface area contributed by atoms with Crippen molar-refractivity contribution in [1.29, 1.82) is 0 Å². The Hall–Kier alpha value is -7.16. The van der Waals surface area contributed by atoms with Crippen LogP contribution < -0.4 is 45.9 Å². The number of aromatic nitrogens is 1. The van der Waals surface area contributed by atoms with Crippen LogP contribution in [-0.4, -0.2) is 118 Å². The standard InChI is InChI=1S/C47H57N9O10S/c1-47(2,3)29-25-37(43(65-5)38(26-29)54-67(6,62)63)53-46(61)52-36-14-15-39(33-10-8-7-9-32(33)36)66-31-17-18-49-41(28-31)51-30-11-12-34(40(27-30)64-4)44(58)50-19-20-55-21-23-56(24-22-55)42(57)16-13-35(48)45(59)60/h7-12,14-15,17-18,25-28,35,54H,13,16,19-24,48H2,1-6H3,(H,49,51)(H,50,58)(H,59,60)(H2,52,53,61)/t35-/m1/s1. The van der Waals surface area contributed by atoms with Gasteiger partial charge in [0.25, 0.3) is 5.91 Å². The molecule has 2 heterocycles. The quantitative estimate of drug-likeness (QED) is 0.0519. The molecule has 1 saturated heterocycles. The summed E-state index contributed by atoms with van der Waals surface area (Å²) in [4.78, 5) is 58.5. The van der Waals surface area contributed by atoms with E-state index in [1.165, 1.54) is 14.2 Å². The van der Waals surface area contributed by atoms with Gasteiger partial charge in [-0.3, -0.25) is 24.0 Å². The summed E-state index contributed by atoms with van der Waals surface area (Å²) in [5, 5.41) is 22.3. The molecule has 356 valence electrons. The number of piperazine rings is 1. The fraction of sp³-hybridized carbons (Fsp3) is 0.340. The zero-order valence-corrected chi connectivity index (χ0v) is 39.1. The van der Waals surface area contributed by atoms with Crippen molar-refractivity contribution in [2.24, 2.45) is 5.73 Å². The molecule has 1 fully saturated rings. The minimum Gasteiger partial charge on any atom is -0.496 e. The van der Waals surface area contributed by atoms with Crippen LogP contribution >= 0.6 is 0 Å². The predicted octanol–water partition coefficient (Wildman–Crippen LogP) is 6.17. The minimum atomic E-state index is -3.66. The normalized spacial score (nSPS) is 13.6. The first-order valence-electron chi connectivity index (χ1n) is 21.5. The number of hydrogen-bond acceptors (Lipinski definition) is 13. The van der Waals surface area contributed by atoms with Gasteiger partial charge in [0, 0.05) is 80.5 Å². The van der Waals surface area contributed by atoms with Crippen molar-refractivity contribution >= 4 is 73.2 Å². The lowest BCUT2D eigenvalue weighted by Crippen LogP contribution is -2.50. The van der Waals surface area contributed by atoms with Gasteiger partial charge in [-0.2, -0.15) is 0 Å². The molecular formula is C47H57N9O10S. The van der Waals surface area contributed by atoms with E-state index in [0.717, 1.165) is 11.8 Å². The van der Waals surface area contributed by atoms with Crippen molar-refractivity contribution in [3.05, 3.63) is 96.2 Å². The van der Waals surface area contributed by atoms with Crippen molar-refractivity contribution < 1.29 is 46.9 Å². The number of rotatable bonds is 18. The van der Waals surface area contributed by atoms with Gasteiger partial charge in [0.05, 0.1) is 43.1 Å². The lowest BCUT2D eigenvalue weighted by Gasteiger charge is -2.34. The number of hydrogen-bond donors (Lipinski definition) is 7. The molecule has 19 nitrogen and oxygen atoms in total. The van der Waals surface area contributed by atoms with Crippen molar-refractivity contribution in [2.45, 2.75) is 45.1 Å². The zero-order chi connectivity index (χ0) is 48.5. The first-order valence-corrected chi connectivity index (χ1v) is 23.4. The number of fused-ring (bicyclic) bond motifs is 1. The Bertz CT molecular complexity index is 2740. The number of ether oxygens (including phenoxy) is 3. The van der Waals surface area contributed by atoms with Gasteiger partial charge in [-0.15, -0.1) is 0 Å². The Morgan fingerprint density at radius 1 is 0.851 bits per heavy atom. The Morgan fingerprint density at radius 2 is 1.55 bits per heavy atom. The van der Waals surface area contributed by atoms with Crippen molar-refractivity contribution in [3.63, 3.8) is 0 Å². The molecule has 5 aromatic rings. The molecule has 0 bridgehead atoms. The third-order valence-corrected chi connectivity index (χ3v) is 11.5. The van der Waals surface area contributed by atoms with Crippen LogP contribution in [0.1, 0.15) is 49.5 Å². The van der Waals surface area contributed by atoms with Crippen molar-refractivity contribution in [1.82, 2.24) is 20.1 Å². The number of pyridine rings is 1. The summed E-state index contributed by atoms with van der Waals surface area (Å²) >= 11 is 0. The van der Waals surface area contributed by atoms with E-state index in [2.05, 4.69) is 35.9 Å². The van der Waals surface area contributed by atoms with E-state index in [1.54, 1.807) is 65.7 Å². The molecule has 0 spiro atoms.